The van der Waals surface area contributed by atoms with Crippen LogP contribution in [0, 0.1) is 0 Å². The van der Waals surface area contributed by atoms with Gasteiger partial charge in [0.25, 0.3) is 0 Å². The van der Waals surface area contributed by atoms with Crippen molar-refractivity contribution in [2.24, 2.45) is 0 Å². The monoisotopic (exact) mass is 442 g/mol. The lowest BCUT2D eigenvalue weighted by Crippen LogP contribution is -2.37. The van der Waals surface area contributed by atoms with Crippen LogP contribution >= 0.6 is 0 Å². The molecule has 3 heterocycles. The third kappa shape index (κ3) is 4.72. The summed E-state index contributed by atoms with van der Waals surface area (Å²) in [6.07, 6.45) is 5.64. The molecule has 9 heteroatoms. The van der Waals surface area contributed by atoms with Gasteiger partial charge in [-0.1, -0.05) is 32.0 Å². The van der Waals surface area contributed by atoms with Crippen molar-refractivity contribution >= 4 is 22.4 Å². The summed E-state index contributed by atoms with van der Waals surface area (Å²) in [5.41, 5.74) is 2.75. The van der Waals surface area contributed by atoms with Crippen molar-refractivity contribution in [1.29, 1.82) is 0 Å². The second-order valence-corrected chi connectivity index (χ2v) is 9.61. The summed E-state index contributed by atoms with van der Waals surface area (Å²) in [5, 5.41) is 11.3. The van der Waals surface area contributed by atoms with Crippen molar-refractivity contribution in [2.75, 3.05) is 24.7 Å². The molecule has 2 unspecified atom stereocenters. The highest BCUT2D eigenvalue weighted by Crippen LogP contribution is 2.27. The summed E-state index contributed by atoms with van der Waals surface area (Å²) < 4.78 is 20.1. The van der Waals surface area contributed by atoms with Gasteiger partial charge in [0.2, 0.25) is 5.95 Å². The number of piperidine rings is 1. The van der Waals surface area contributed by atoms with Crippen molar-refractivity contribution in [3.05, 3.63) is 41.6 Å². The molecule has 1 fully saturated rings. The summed E-state index contributed by atoms with van der Waals surface area (Å²) in [5.74, 6) is 0.824. The lowest BCUT2D eigenvalue weighted by atomic mass is 10.1. The number of anilines is 1. The Hall–Kier alpha value is -2.52. The fraction of sp³-hybridized carbons (Fsp3) is 0.500. The van der Waals surface area contributed by atoms with Gasteiger partial charge in [0.1, 0.15) is 6.10 Å². The summed E-state index contributed by atoms with van der Waals surface area (Å²) in [7, 11) is -1.08. The molecule has 2 N–H and O–H groups in total. The fourth-order valence-electron chi connectivity index (χ4n) is 3.87. The normalized spacial score (nSPS) is 18.8. The van der Waals surface area contributed by atoms with Crippen LogP contribution in [0.25, 0.3) is 5.65 Å². The first-order valence-electron chi connectivity index (χ1n) is 10.8. The summed E-state index contributed by atoms with van der Waals surface area (Å²) in [6.45, 7) is 8.07. The number of nitrogens with one attached hydrogen (secondary N) is 2. The molecule has 3 atom stereocenters. The van der Waals surface area contributed by atoms with Gasteiger partial charge in [0, 0.05) is 23.3 Å². The molecule has 4 rings (SSSR count). The van der Waals surface area contributed by atoms with Crippen LogP contribution in [0.15, 0.2) is 35.4 Å². The number of hydrogen-bond acceptors (Lipinski definition) is 7. The van der Waals surface area contributed by atoms with E-state index < -0.39 is 10.8 Å². The molecule has 1 aromatic carbocycles. The van der Waals surface area contributed by atoms with Gasteiger partial charge >= 0.3 is 6.01 Å². The van der Waals surface area contributed by atoms with E-state index in [0.717, 1.165) is 47.6 Å². The van der Waals surface area contributed by atoms with E-state index in [9.17, 15) is 4.21 Å². The van der Waals surface area contributed by atoms with Gasteiger partial charge < -0.3 is 15.4 Å². The van der Waals surface area contributed by atoms with E-state index >= 15 is 0 Å². The summed E-state index contributed by atoms with van der Waals surface area (Å²) in [4.78, 5) is 10.2. The zero-order chi connectivity index (χ0) is 22.0. The SMILES string of the molecule is CC(C)c1cnn2c(NC(C)c3ccccc3S(C)=O)nc(O[C@@H]3CCCNC3)nc12. The molecule has 2 aromatic heterocycles. The largest absolute Gasteiger partial charge is 0.459 e. The maximum absolute atomic E-state index is 12.2. The van der Waals surface area contributed by atoms with Gasteiger partial charge in [-0.3, -0.25) is 4.21 Å². The van der Waals surface area contributed by atoms with Crippen molar-refractivity contribution in [2.45, 2.75) is 56.6 Å². The van der Waals surface area contributed by atoms with E-state index in [2.05, 4.69) is 39.5 Å². The van der Waals surface area contributed by atoms with E-state index in [1.807, 2.05) is 37.4 Å². The Balaban J connectivity index is 1.71. The maximum Gasteiger partial charge on any atom is 0.322 e. The van der Waals surface area contributed by atoms with Gasteiger partial charge in [0.15, 0.2) is 5.65 Å². The van der Waals surface area contributed by atoms with Crippen molar-refractivity contribution < 1.29 is 8.95 Å². The van der Waals surface area contributed by atoms with E-state index in [-0.39, 0.29) is 18.1 Å². The van der Waals surface area contributed by atoms with Crippen LogP contribution in [-0.2, 0) is 10.8 Å². The number of fused-ring (bicyclic) bond motifs is 1. The van der Waals surface area contributed by atoms with Gasteiger partial charge in [-0.25, -0.2) is 0 Å². The molecule has 0 bridgehead atoms. The molecule has 1 aliphatic rings. The number of hydrogen-bond donors (Lipinski definition) is 2. The molecule has 8 nitrogen and oxygen atoms in total. The number of benzene rings is 1. The van der Waals surface area contributed by atoms with Crippen LogP contribution in [0.5, 0.6) is 6.01 Å². The topological polar surface area (TPSA) is 93.4 Å². The van der Waals surface area contributed by atoms with E-state index in [4.69, 9.17) is 4.74 Å². The molecule has 0 radical (unpaired) electrons. The third-order valence-electron chi connectivity index (χ3n) is 5.56. The molecular formula is C22H30N6O2S. The minimum absolute atomic E-state index is 0.0510. The van der Waals surface area contributed by atoms with Crippen LogP contribution < -0.4 is 15.4 Å². The first-order valence-corrected chi connectivity index (χ1v) is 12.3. The van der Waals surface area contributed by atoms with Crippen LogP contribution in [0.2, 0.25) is 0 Å². The lowest BCUT2D eigenvalue weighted by Gasteiger charge is -2.23. The molecule has 1 aliphatic heterocycles. The molecule has 0 amide bonds. The Morgan fingerprint density at radius 1 is 1.23 bits per heavy atom. The number of rotatable bonds is 7. The number of nitrogens with zero attached hydrogens (tertiary/aromatic N) is 4. The maximum atomic E-state index is 12.2. The molecule has 0 saturated carbocycles. The Kier molecular flexibility index (Phi) is 6.52. The van der Waals surface area contributed by atoms with Gasteiger partial charge in [0.05, 0.1) is 23.0 Å². The van der Waals surface area contributed by atoms with Crippen LogP contribution in [0.4, 0.5) is 5.95 Å². The Morgan fingerprint density at radius 3 is 2.74 bits per heavy atom. The average molecular weight is 443 g/mol. The smallest absolute Gasteiger partial charge is 0.322 e. The van der Waals surface area contributed by atoms with E-state index in [0.29, 0.717) is 12.0 Å². The van der Waals surface area contributed by atoms with Crippen LogP contribution in [0.1, 0.15) is 56.7 Å². The van der Waals surface area contributed by atoms with Gasteiger partial charge in [-0.15, -0.1) is 0 Å². The average Bonchev–Trinajstić information content (AvgIpc) is 3.19. The van der Waals surface area contributed by atoms with E-state index in [1.54, 1.807) is 10.8 Å². The first kappa shape index (κ1) is 21.7. The van der Waals surface area contributed by atoms with Crippen molar-refractivity contribution in [3.63, 3.8) is 0 Å². The van der Waals surface area contributed by atoms with E-state index in [1.165, 1.54) is 0 Å². The highest BCUT2D eigenvalue weighted by Gasteiger charge is 2.21. The summed E-state index contributed by atoms with van der Waals surface area (Å²) >= 11 is 0. The van der Waals surface area contributed by atoms with Crippen molar-refractivity contribution in [1.82, 2.24) is 24.9 Å². The molecule has 1 saturated heterocycles. The molecular weight excluding hydrogens is 412 g/mol. The second kappa shape index (κ2) is 9.32. The fourth-order valence-corrected chi connectivity index (χ4v) is 4.72. The van der Waals surface area contributed by atoms with Crippen LogP contribution in [0.3, 0.4) is 0 Å². The molecule has 0 spiro atoms. The highest BCUT2D eigenvalue weighted by molar-refractivity contribution is 7.84. The van der Waals surface area contributed by atoms with Crippen molar-refractivity contribution in [3.8, 4) is 6.01 Å². The zero-order valence-corrected chi connectivity index (χ0v) is 19.3. The molecule has 0 aliphatic carbocycles. The molecule has 166 valence electrons. The Labute approximate surface area is 185 Å². The predicted octanol–water partition coefficient (Wildman–Crippen LogP) is 3.29. The number of ether oxygens (including phenoxy) is 1. The number of aromatic nitrogens is 4. The Morgan fingerprint density at radius 2 is 2.03 bits per heavy atom. The molecule has 31 heavy (non-hydrogen) atoms. The van der Waals surface area contributed by atoms with Gasteiger partial charge in [-0.05, 0) is 43.9 Å². The van der Waals surface area contributed by atoms with Gasteiger partial charge in [-0.2, -0.15) is 19.6 Å². The molecule has 3 aromatic rings. The minimum Gasteiger partial charge on any atom is -0.459 e. The minimum atomic E-state index is -1.08. The zero-order valence-electron chi connectivity index (χ0n) is 18.5. The van der Waals surface area contributed by atoms with Crippen LogP contribution in [-0.4, -0.2) is 49.2 Å². The third-order valence-corrected chi connectivity index (χ3v) is 6.55. The quantitative estimate of drug-likeness (QED) is 0.580. The lowest BCUT2D eigenvalue weighted by molar-refractivity contribution is 0.153. The first-order chi connectivity index (χ1) is 14.9. The Bertz CT molecular complexity index is 1080. The second-order valence-electron chi connectivity index (χ2n) is 8.26. The predicted molar refractivity (Wildman–Crippen MR) is 122 cm³/mol. The standard InChI is InChI=1S/C22H30N6O2S/c1-14(2)18-13-24-28-20(18)26-22(30-16-8-7-11-23-12-16)27-21(28)25-15(3)17-9-5-6-10-19(17)31(4)29/h5-6,9-10,13-16,23H,7-8,11-12H2,1-4H3,(H,25,26,27)/t15?,16-,31?/m1/s1. The summed E-state index contributed by atoms with van der Waals surface area (Å²) in [6, 6.07) is 7.96. The highest BCUT2D eigenvalue weighted by atomic mass is 32.2.